The number of carbonyl (C=O) groups is 1. The third kappa shape index (κ3) is 3.89. The molecule has 2 aromatic rings. The van der Waals surface area contributed by atoms with E-state index >= 15 is 0 Å². The predicted octanol–water partition coefficient (Wildman–Crippen LogP) is 2.60. The van der Waals surface area contributed by atoms with Crippen molar-refractivity contribution in [1.82, 2.24) is 14.7 Å². The molecule has 1 N–H and O–H groups in total. The van der Waals surface area contributed by atoms with E-state index in [1.807, 2.05) is 19.4 Å². The number of aryl methyl sites for hydroxylation is 2. The second-order valence-electron chi connectivity index (χ2n) is 6.13. The van der Waals surface area contributed by atoms with Crippen LogP contribution in [0.25, 0.3) is 5.57 Å². The van der Waals surface area contributed by atoms with Gasteiger partial charge in [-0.3, -0.25) is 14.4 Å². The summed E-state index contributed by atoms with van der Waals surface area (Å²) in [5.41, 5.74) is 3.46. The molecule has 0 saturated carbocycles. The van der Waals surface area contributed by atoms with E-state index in [0.29, 0.717) is 17.8 Å². The van der Waals surface area contributed by atoms with Crippen molar-refractivity contribution in [1.29, 1.82) is 0 Å². The molecule has 0 spiro atoms. The van der Waals surface area contributed by atoms with E-state index in [4.69, 9.17) is 0 Å². The van der Waals surface area contributed by atoms with Crippen LogP contribution in [0.15, 0.2) is 36.7 Å². The van der Waals surface area contributed by atoms with Crippen LogP contribution in [-0.4, -0.2) is 40.2 Å². The van der Waals surface area contributed by atoms with Crippen LogP contribution in [0, 0.1) is 12.7 Å². The van der Waals surface area contributed by atoms with Gasteiger partial charge in [-0.05, 0) is 36.6 Å². The highest BCUT2D eigenvalue weighted by Gasteiger charge is 2.16. The molecule has 0 atom stereocenters. The Morgan fingerprint density at radius 3 is 2.88 bits per heavy atom. The number of benzene rings is 1. The van der Waals surface area contributed by atoms with Gasteiger partial charge in [-0.15, -0.1) is 0 Å². The van der Waals surface area contributed by atoms with Gasteiger partial charge in [0.15, 0.2) is 0 Å². The summed E-state index contributed by atoms with van der Waals surface area (Å²) in [6.07, 6.45) is 6.89. The average molecular weight is 328 g/mol. The largest absolute Gasteiger partial charge is 0.325 e. The van der Waals surface area contributed by atoms with Gasteiger partial charge in [0.25, 0.3) is 0 Å². The summed E-state index contributed by atoms with van der Waals surface area (Å²) in [6, 6.07) is 4.73. The Labute approximate surface area is 140 Å². The van der Waals surface area contributed by atoms with Crippen molar-refractivity contribution in [3.63, 3.8) is 0 Å². The fraction of sp³-hybridized carbons (Fsp3) is 0.333. The number of rotatable bonds is 4. The number of anilines is 1. The fourth-order valence-corrected chi connectivity index (χ4v) is 2.78. The summed E-state index contributed by atoms with van der Waals surface area (Å²) >= 11 is 0. The van der Waals surface area contributed by atoms with Crippen LogP contribution in [-0.2, 0) is 11.8 Å². The van der Waals surface area contributed by atoms with E-state index in [1.165, 1.54) is 11.6 Å². The van der Waals surface area contributed by atoms with E-state index < -0.39 is 0 Å². The van der Waals surface area contributed by atoms with Crippen LogP contribution >= 0.6 is 0 Å². The lowest BCUT2D eigenvalue weighted by Crippen LogP contribution is -2.36. The van der Waals surface area contributed by atoms with E-state index in [2.05, 4.69) is 21.4 Å². The molecule has 0 fully saturated rings. The average Bonchev–Trinajstić information content (AvgIpc) is 2.98. The van der Waals surface area contributed by atoms with Crippen LogP contribution in [0.5, 0.6) is 0 Å². The summed E-state index contributed by atoms with van der Waals surface area (Å²) in [7, 11) is 1.90. The number of nitrogens with zero attached hydrogens (tertiary/aromatic N) is 3. The molecule has 6 heteroatoms. The van der Waals surface area contributed by atoms with Crippen molar-refractivity contribution >= 4 is 17.2 Å². The van der Waals surface area contributed by atoms with Gasteiger partial charge < -0.3 is 5.32 Å². The highest BCUT2D eigenvalue weighted by molar-refractivity contribution is 5.92. The van der Waals surface area contributed by atoms with Crippen molar-refractivity contribution < 1.29 is 9.18 Å². The Kier molecular flexibility index (Phi) is 4.76. The minimum Gasteiger partial charge on any atom is -0.325 e. The molecule has 0 aliphatic carbocycles. The monoisotopic (exact) mass is 328 g/mol. The molecule has 0 radical (unpaired) electrons. The standard InChI is InChI=1S/C18H21FN4O/c1-13-3-4-16(9-17(13)19)21-18(24)12-23-7-5-14(6-8-23)15-10-20-22(2)11-15/h3-5,9-11H,6-8,12H2,1-2H3,(H,21,24). The van der Waals surface area contributed by atoms with Crippen molar-refractivity contribution in [3.05, 3.63) is 53.6 Å². The normalized spacial score (nSPS) is 15.2. The Balaban J connectivity index is 1.54. The molecule has 3 rings (SSSR count). The first-order chi connectivity index (χ1) is 11.5. The number of nitrogens with one attached hydrogen (secondary N) is 1. The molecule has 5 nitrogen and oxygen atoms in total. The first-order valence-electron chi connectivity index (χ1n) is 7.97. The molecule has 0 bridgehead atoms. The van der Waals surface area contributed by atoms with E-state index in [9.17, 15) is 9.18 Å². The maximum Gasteiger partial charge on any atom is 0.238 e. The SMILES string of the molecule is Cc1ccc(NC(=O)CN2CC=C(c3cnn(C)c3)CC2)cc1F. The summed E-state index contributed by atoms with van der Waals surface area (Å²) in [4.78, 5) is 14.2. The van der Waals surface area contributed by atoms with Gasteiger partial charge in [-0.1, -0.05) is 12.1 Å². The molecule has 2 heterocycles. The molecule has 1 aromatic heterocycles. The molecular weight excluding hydrogens is 307 g/mol. The zero-order valence-corrected chi connectivity index (χ0v) is 13.9. The zero-order chi connectivity index (χ0) is 17.1. The minimum atomic E-state index is -0.310. The van der Waals surface area contributed by atoms with E-state index in [0.717, 1.165) is 25.1 Å². The van der Waals surface area contributed by atoms with Crippen LogP contribution in [0.2, 0.25) is 0 Å². The molecule has 24 heavy (non-hydrogen) atoms. The maximum atomic E-state index is 13.5. The predicted molar refractivity (Wildman–Crippen MR) is 92.0 cm³/mol. The topological polar surface area (TPSA) is 50.2 Å². The first kappa shape index (κ1) is 16.4. The van der Waals surface area contributed by atoms with Crippen LogP contribution in [0.4, 0.5) is 10.1 Å². The van der Waals surface area contributed by atoms with Gasteiger partial charge in [0.1, 0.15) is 5.82 Å². The minimum absolute atomic E-state index is 0.128. The van der Waals surface area contributed by atoms with Crippen LogP contribution in [0.3, 0.4) is 0 Å². The number of aromatic nitrogens is 2. The number of hydrogen-bond acceptors (Lipinski definition) is 3. The maximum absolute atomic E-state index is 13.5. The van der Waals surface area contributed by atoms with Crippen LogP contribution in [0.1, 0.15) is 17.5 Å². The number of halogens is 1. The van der Waals surface area contributed by atoms with Gasteiger partial charge in [0.05, 0.1) is 12.7 Å². The Morgan fingerprint density at radius 1 is 1.42 bits per heavy atom. The van der Waals surface area contributed by atoms with Gasteiger partial charge in [-0.2, -0.15) is 5.10 Å². The summed E-state index contributed by atoms with van der Waals surface area (Å²) in [5.74, 6) is -0.439. The molecule has 0 saturated heterocycles. The second-order valence-corrected chi connectivity index (χ2v) is 6.13. The van der Waals surface area contributed by atoms with Gasteiger partial charge in [0, 0.05) is 37.6 Å². The number of amides is 1. The second kappa shape index (κ2) is 6.97. The van der Waals surface area contributed by atoms with E-state index in [-0.39, 0.29) is 11.7 Å². The molecule has 1 amide bonds. The smallest absolute Gasteiger partial charge is 0.238 e. The van der Waals surface area contributed by atoms with Crippen LogP contribution < -0.4 is 5.32 Å². The lowest BCUT2D eigenvalue weighted by atomic mass is 10.0. The summed E-state index contributed by atoms with van der Waals surface area (Å²) in [5, 5.41) is 6.94. The fourth-order valence-electron chi connectivity index (χ4n) is 2.78. The Bertz CT molecular complexity index is 781. The molecule has 126 valence electrons. The highest BCUT2D eigenvalue weighted by atomic mass is 19.1. The number of hydrogen-bond donors (Lipinski definition) is 1. The first-order valence-corrected chi connectivity index (χ1v) is 7.97. The van der Waals surface area contributed by atoms with E-state index in [1.54, 1.807) is 23.7 Å². The lowest BCUT2D eigenvalue weighted by molar-refractivity contribution is -0.117. The lowest BCUT2D eigenvalue weighted by Gasteiger charge is -2.25. The van der Waals surface area contributed by atoms with Gasteiger partial charge in [0.2, 0.25) is 5.91 Å². The quantitative estimate of drug-likeness (QED) is 0.938. The third-order valence-electron chi connectivity index (χ3n) is 4.19. The van der Waals surface area contributed by atoms with Crippen molar-refractivity contribution in [2.24, 2.45) is 7.05 Å². The zero-order valence-electron chi connectivity index (χ0n) is 13.9. The number of carbonyl (C=O) groups excluding carboxylic acids is 1. The Hall–Kier alpha value is -2.47. The molecule has 1 aliphatic heterocycles. The highest BCUT2D eigenvalue weighted by Crippen LogP contribution is 2.21. The van der Waals surface area contributed by atoms with Gasteiger partial charge in [-0.25, -0.2) is 4.39 Å². The molecule has 1 aliphatic rings. The summed E-state index contributed by atoms with van der Waals surface area (Å²) in [6.45, 7) is 3.53. The van der Waals surface area contributed by atoms with Crippen molar-refractivity contribution in [2.45, 2.75) is 13.3 Å². The molecule has 0 unspecified atom stereocenters. The van der Waals surface area contributed by atoms with Crippen molar-refractivity contribution in [3.8, 4) is 0 Å². The third-order valence-corrected chi connectivity index (χ3v) is 4.19. The molecule has 1 aromatic carbocycles. The molecular formula is C18H21FN4O. The summed E-state index contributed by atoms with van der Waals surface area (Å²) < 4.78 is 15.3. The van der Waals surface area contributed by atoms with Crippen molar-refractivity contribution in [2.75, 3.05) is 25.0 Å². The van der Waals surface area contributed by atoms with Gasteiger partial charge >= 0.3 is 0 Å². The Morgan fingerprint density at radius 2 is 2.25 bits per heavy atom.